The van der Waals surface area contributed by atoms with Crippen LogP contribution in [0.4, 0.5) is 0 Å². The second kappa shape index (κ2) is 3.36. The molecule has 0 bridgehead atoms. The molecular weight excluding hydrogens is 150 g/mol. The molecule has 0 aromatic rings. The van der Waals surface area contributed by atoms with Crippen LogP contribution in [0.3, 0.4) is 0 Å². The van der Waals surface area contributed by atoms with Gasteiger partial charge in [0.05, 0.1) is 7.11 Å². The summed E-state index contributed by atoms with van der Waals surface area (Å²) >= 11 is 0. The molecule has 0 aromatic carbocycles. The number of hydroxylamine groups is 2. The molecule has 0 N–H and O–H groups in total. The summed E-state index contributed by atoms with van der Waals surface area (Å²) in [7, 11) is 2.89. The average molecular weight is 159 g/mol. The van der Waals surface area contributed by atoms with Gasteiger partial charge in [-0.3, -0.25) is 9.63 Å². The molecule has 1 aliphatic rings. The minimum Gasteiger partial charge on any atom is -0.331 e. The molecule has 0 spiro atoms. The maximum atomic E-state index is 11.1. The van der Waals surface area contributed by atoms with Gasteiger partial charge in [0.25, 0.3) is 0 Å². The third kappa shape index (κ3) is 1.69. The fraction of sp³-hybridized carbons (Fsp3) is 0.500. The van der Waals surface area contributed by atoms with E-state index < -0.39 is 0 Å². The highest BCUT2D eigenvalue weighted by molar-refractivity contribution is 5.90. The molecule has 1 heterocycles. The molecule has 62 valence electrons. The van der Waals surface area contributed by atoms with Gasteiger partial charge in [-0.05, 0) is 6.08 Å². The van der Waals surface area contributed by atoms with E-state index in [4.69, 9.17) is 0 Å². The van der Waals surface area contributed by atoms with E-state index in [1.165, 1.54) is 20.2 Å². The highest BCUT2D eigenvalue weighted by Gasteiger charge is 2.20. The summed E-state index contributed by atoms with van der Waals surface area (Å²) in [6.45, 7) is 0.304. The Morgan fingerprint density at radius 1 is 1.82 bits per heavy atom. The van der Waals surface area contributed by atoms with E-state index in [9.17, 15) is 4.79 Å². The van der Waals surface area contributed by atoms with Crippen molar-refractivity contribution in [1.82, 2.24) is 5.06 Å². The van der Waals surface area contributed by atoms with Crippen molar-refractivity contribution < 1.29 is 19.4 Å². The van der Waals surface area contributed by atoms with Gasteiger partial charge < -0.3 is 4.89 Å². The lowest BCUT2D eigenvalue weighted by molar-refractivity contribution is -0.240. The fourth-order valence-electron chi connectivity index (χ4n) is 0.602. The lowest BCUT2D eigenvalue weighted by Crippen LogP contribution is -2.26. The number of carbonyl (C=O) groups excluding carboxylic acids is 1. The number of hydrogen-bond acceptors (Lipinski definition) is 4. The van der Waals surface area contributed by atoms with Crippen LogP contribution in [-0.4, -0.2) is 31.7 Å². The van der Waals surface area contributed by atoms with Crippen molar-refractivity contribution in [2.45, 2.75) is 0 Å². The van der Waals surface area contributed by atoms with E-state index in [2.05, 4.69) is 14.6 Å². The van der Waals surface area contributed by atoms with E-state index >= 15 is 0 Å². The van der Waals surface area contributed by atoms with Crippen LogP contribution in [0.15, 0.2) is 11.8 Å². The number of nitrogens with zero attached hydrogens (tertiary/aromatic N) is 1. The largest absolute Gasteiger partial charge is 0.331 e. The van der Waals surface area contributed by atoms with Crippen LogP contribution >= 0.6 is 0 Å². The summed E-state index contributed by atoms with van der Waals surface area (Å²) in [5, 5.41) is 1.06. The first-order valence-electron chi connectivity index (χ1n) is 3.07. The van der Waals surface area contributed by atoms with Gasteiger partial charge in [0.2, 0.25) is 5.76 Å². The maximum absolute atomic E-state index is 11.1. The second-order valence-electron chi connectivity index (χ2n) is 1.92. The van der Waals surface area contributed by atoms with Crippen molar-refractivity contribution in [2.75, 3.05) is 20.8 Å². The Bertz CT molecular complexity index is 189. The number of likely N-dealkylation sites (N-methyl/N-ethyl adjacent to an activating group) is 1. The number of amides is 1. The van der Waals surface area contributed by atoms with E-state index in [-0.39, 0.29) is 11.7 Å². The molecule has 0 aromatic heterocycles. The Hall–Kier alpha value is -1.07. The van der Waals surface area contributed by atoms with Gasteiger partial charge in [-0.2, -0.15) is 4.89 Å². The number of rotatable bonds is 2. The van der Waals surface area contributed by atoms with E-state index in [1.54, 1.807) is 0 Å². The van der Waals surface area contributed by atoms with E-state index in [0.29, 0.717) is 6.61 Å². The predicted molar refractivity (Wildman–Crippen MR) is 34.9 cm³/mol. The van der Waals surface area contributed by atoms with Crippen LogP contribution in [0.1, 0.15) is 0 Å². The van der Waals surface area contributed by atoms with E-state index in [1.807, 2.05) is 0 Å². The van der Waals surface area contributed by atoms with Crippen LogP contribution in [0.5, 0.6) is 0 Å². The lowest BCUT2D eigenvalue weighted by atomic mass is 10.4. The summed E-state index contributed by atoms with van der Waals surface area (Å²) in [6, 6.07) is 0. The fourth-order valence-corrected chi connectivity index (χ4v) is 0.602. The number of hydrogen-bond donors (Lipinski definition) is 0. The molecular formula is C6H9NO4. The molecule has 11 heavy (non-hydrogen) atoms. The van der Waals surface area contributed by atoms with Gasteiger partial charge in [-0.15, -0.1) is 0 Å². The standard InChI is InChI=1S/C6H9NO4/c1-7(9-2)6(8)5-3-4-10-11-5/h3H,4H2,1-2H3. The van der Waals surface area contributed by atoms with Crippen LogP contribution in [0.25, 0.3) is 0 Å². The quantitative estimate of drug-likeness (QED) is 0.415. The highest BCUT2D eigenvalue weighted by atomic mass is 17.2. The van der Waals surface area contributed by atoms with Gasteiger partial charge in [0, 0.05) is 7.05 Å². The molecule has 0 unspecified atom stereocenters. The molecule has 1 amide bonds. The Labute approximate surface area is 64.0 Å². The zero-order valence-corrected chi connectivity index (χ0v) is 6.36. The summed E-state index contributed by atoms with van der Waals surface area (Å²) in [5.74, 6) is -0.195. The van der Waals surface area contributed by atoms with Crippen LogP contribution in [0.2, 0.25) is 0 Å². The van der Waals surface area contributed by atoms with Crippen LogP contribution in [0, 0.1) is 0 Å². The highest BCUT2D eigenvalue weighted by Crippen LogP contribution is 2.08. The first-order chi connectivity index (χ1) is 5.25. The Kier molecular flexibility index (Phi) is 2.45. The van der Waals surface area contributed by atoms with Gasteiger partial charge in [-0.25, -0.2) is 5.06 Å². The second-order valence-corrected chi connectivity index (χ2v) is 1.92. The molecule has 0 atom stereocenters. The number of carbonyl (C=O) groups is 1. The lowest BCUT2D eigenvalue weighted by Gasteiger charge is -2.12. The molecule has 0 radical (unpaired) electrons. The molecule has 5 nitrogen and oxygen atoms in total. The van der Waals surface area contributed by atoms with Crippen molar-refractivity contribution in [3.8, 4) is 0 Å². The summed E-state index contributed by atoms with van der Waals surface area (Å²) in [5.41, 5.74) is 0. The third-order valence-electron chi connectivity index (χ3n) is 1.26. The Morgan fingerprint density at radius 2 is 2.55 bits per heavy atom. The molecule has 0 aliphatic carbocycles. The van der Waals surface area contributed by atoms with Gasteiger partial charge in [-0.1, -0.05) is 0 Å². The zero-order valence-electron chi connectivity index (χ0n) is 6.36. The Balaban J connectivity index is 2.53. The maximum Gasteiger partial charge on any atom is 0.316 e. The third-order valence-corrected chi connectivity index (χ3v) is 1.26. The molecule has 1 rings (SSSR count). The van der Waals surface area contributed by atoms with Gasteiger partial charge in [0.15, 0.2) is 0 Å². The SMILES string of the molecule is CON(C)C(=O)C1=CCOO1. The van der Waals surface area contributed by atoms with E-state index in [0.717, 1.165) is 5.06 Å². The molecule has 1 aliphatic heterocycles. The average Bonchev–Trinajstić information content (AvgIpc) is 2.53. The summed E-state index contributed by atoms with van der Waals surface area (Å²) in [4.78, 5) is 24.7. The summed E-state index contributed by atoms with van der Waals surface area (Å²) < 4.78 is 0. The van der Waals surface area contributed by atoms with Crippen LogP contribution < -0.4 is 0 Å². The monoisotopic (exact) mass is 159 g/mol. The minimum absolute atomic E-state index is 0.161. The summed E-state index contributed by atoms with van der Waals surface area (Å²) in [6.07, 6.45) is 1.54. The van der Waals surface area contributed by atoms with Crippen LogP contribution in [-0.2, 0) is 19.4 Å². The molecule has 0 fully saturated rings. The van der Waals surface area contributed by atoms with Crippen molar-refractivity contribution in [3.63, 3.8) is 0 Å². The normalized spacial score (nSPS) is 15.6. The zero-order chi connectivity index (χ0) is 8.27. The molecule has 5 heteroatoms. The van der Waals surface area contributed by atoms with Crippen molar-refractivity contribution in [3.05, 3.63) is 11.8 Å². The smallest absolute Gasteiger partial charge is 0.316 e. The predicted octanol–water partition coefficient (Wildman–Crippen LogP) is -0.148. The van der Waals surface area contributed by atoms with Gasteiger partial charge in [0.1, 0.15) is 6.61 Å². The first kappa shape index (κ1) is 8.03. The van der Waals surface area contributed by atoms with Crippen molar-refractivity contribution >= 4 is 5.91 Å². The minimum atomic E-state index is -0.356. The van der Waals surface area contributed by atoms with Crippen molar-refractivity contribution in [2.24, 2.45) is 0 Å². The topological polar surface area (TPSA) is 48.0 Å². The first-order valence-corrected chi connectivity index (χ1v) is 3.07. The Morgan fingerprint density at radius 3 is 3.00 bits per heavy atom. The molecule has 0 saturated carbocycles. The van der Waals surface area contributed by atoms with Crippen molar-refractivity contribution in [1.29, 1.82) is 0 Å². The van der Waals surface area contributed by atoms with Gasteiger partial charge >= 0.3 is 5.91 Å². The molecule has 0 saturated heterocycles.